The van der Waals surface area contributed by atoms with E-state index in [1.807, 2.05) is 0 Å². The van der Waals surface area contributed by atoms with Crippen LogP contribution in [0.3, 0.4) is 0 Å². The van der Waals surface area contributed by atoms with Crippen LogP contribution in [0.15, 0.2) is 16.6 Å². The Labute approximate surface area is 92.1 Å². The quantitative estimate of drug-likeness (QED) is 0.781. The molecule has 0 saturated heterocycles. The summed E-state index contributed by atoms with van der Waals surface area (Å²) in [5.74, 6) is -0.888. The van der Waals surface area contributed by atoms with Crippen LogP contribution in [0.2, 0.25) is 0 Å². The number of alkyl halides is 2. The fourth-order valence-corrected chi connectivity index (χ4v) is 1.79. The van der Waals surface area contributed by atoms with Crippen molar-refractivity contribution < 1.29 is 23.0 Å². The van der Waals surface area contributed by atoms with Gasteiger partial charge in [-0.15, -0.1) is 0 Å². The van der Waals surface area contributed by atoms with Crippen LogP contribution in [0.1, 0.15) is 10.4 Å². The van der Waals surface area contributed by atoms with E-state index in [1.54, 1.807) is 6.07 Å². The number of fused-ring (bicyclic) bond motifs is 1. The monoisotopic (exact) mass is 278 g/mol. The summed E-state index contributed by atoms with van der Waals surface area (Å²) in [7, 11) is 0. The van der Waals surface area contributed by atoms with Crippen molar-refractivity contribution in [3.8, 4) is 11.5 Å². The Kier molecular flexibility index (Phi) is 2.60. The molecule has 0 unspecified atom stereocenters. The number of benzene rings is 1. The number of ketones is 1. The van der Waals surface area contributed by atoms with Gasteiger partial charge in [-0.3, -0.25) is 4.79 Å². The molecular formula is C9H5BrF2O3. The predicted octanol–water partition coefficient (Wildman–Crippen LogP) is 2.63. The fraction of sp³-hybridized carbons (Fsp3) is 0.222. The molecule has 0 radical (unpaired) electrons. The normalized spacial score (nSPS) is 13.3. The Balaban J connectivity index is 2.55. The lowest BCUT2D eigenvalue weighted by molar-refractivity contribution is 0.0673. The Morgan fingerprint density at radius 2 is 2.13 bits per heavy atom. The Bertz CT molecular complexity index is 420. The molecule has 1 aromatic carbocycles. The highest BCUT2D eigenvalue weighted by atomic mass is 79.9. The molecular weight excluding hydrogens is 274 g/mol. The van der Waals surface area contributed by atoms with Crippen molar-refractivity contribution in [3.63, 3.8) is 0 Å². The van der Waals surface area contributed by atoms with Gasteiger partial charge >= 0.3 is 6.43 Å². The molecule has 1 aliphatic rings. The van der Waals surface area contributed by atoms with Gasteiger partial charge in [0.15, 0.2) is 11.5 Å². The molecule has 6 heteroatoms. The second kappa shape index (κ2) is 3.77. The molecule has 0 spiro atoms. The second-order valence-electron chi connectivity index (χ2n) is 2.82. The smallest absolute Gasteiger partial charge is 0.300 e. The SMILES string of the molecule is O=C(c1c(Br)ccc2c1OCO2)C(F)F. The second-order valence-corrected chi connectivity index (χ2v) is 3.68. The van der Waals surface area contributed by atoms with Crippen molar-refractivity contribution in [2.24, 2.45) is 0 Å². The Morgan fingerprint density at radius 1 is 1.40 bits per heavy atom. The lowest BCUT2D eigenvalue weighted by Crippen LogP contribution is -2.12. The summed E-state index contributed by atoms with van der Waals surface area (Å²) in [4.78, 5) is 11.2. The number of carbonyl (C=O) groups excluding carboxylic acids is 1. The van der Waals surface area contributed by atoms with E-state index in [9.17, 15) is 13.6 Å². The van der Waals surface area contributed by atoms with Gasteiger partial charge < -0.3 is 9.47 Å². The minimum atomic E-state index is -3.06. The molecule has 1 heterocycles. The first-order chi connectivity index (χ1) is 7.11. The molecule has 0 fully saturated rings. The topological polar surface area (TPSA) is 35.5 Å². The third-order valence-corrected chi connectivity index (χ3v) is 2.59. The van der Waals surface area contributed by atoms with Crippen LogP contribution in [0.25, 0.3) is 0 Å². The van der Waals surface area contributed by atoms with E-state index in [1.165, 1.54) is 6.07 Å². The van der Waals surface area contributed by atoms with Gasteiger partial charge in [0.25, 0.3) is 0 Å². The van der Waals surface area contributed by atoms with Crippen molar-refractivity contribution in [3.05, 3.63) is 22.2 Å². The molecule has 0 amide bonds. The summed E-state index contributed by atoms with van der Waals surface area (Å²) < 4.78 is 34.8. The van der Waals surface area contributed by atoms with Gasteiger partial charge in [0.05, 0.1) is 5.56 Å². The van der Waals surface area contributed by atoms with Crippen LogP contribution < -0.4 is 9.47 Å². The van der Waals surface area contributed by atoms with Crippen LogP contribution >= 0.6 is 15.9 Å². The van der Waals surface area contributed by atoms with Crippen molar-refractivity contribution >= 4 is 21.7 Å². The van der Waals surface area contributed by atoms with Crippen LogP contribution in [0.4, 0.5) is 8.78 Å². The zero-order valence-corrected chi connectivity index (χ0v) is 8.88. The predicted molar refractivity (Wildman–Crippen MR) is 50.6 cm³/mol. The molecule has 2 rings (SSSR count). The van der Waals surface area contributed by atoms with Crippen LogP contribution in [0.5, 0.6) is 11.5 Å². The summed E-state index contributed by atoms with van der Waals surface area (Å²) in [6.07, 6.45) is -3.06. The third-order valence-electron chi connectivity index (χ3n) is 1.93. The highest BCUT2D eigenvalue weighted by Crippen LogP contribution is 2.40. The van der Waals surface area contributed by atoms with Crippen LogP contribution in [-0.2, 0) is 0 Å². The summed E-state index contributed by atoms with van der Waals surface area (Å²) >= 11 is 3.03. The number of hydrogen-bond acceptors (Lipinski definition) is 3. The van der Waals surface area contributed by atoms with E-state index in [0.717, 1.165) is 0 Å². The average Bonchev–Trinajstić information content (AvgIpc) is 2.64. The maximum absolute atomic E-state index is 12.3. The van der Waals surface area contributed by atoms with Crippen molar-refractivity contribution in [2.75, 3.05) is 6.79 Å². The number of rotatable bonds is 2. The first-order valence-electron chi connectivity index (χ1n) is 4.01. The van der Waals surface area contributed by atoms with Gasteiger partial charge in [-0.25, -0.2) is 8.78 Å². The molecule has 80 valence electrons. The number of Topliss-reactive ketones (excluding diaryl/α,β-unsaturated/α-hetero) is 1. The molecule has 0 bridgehead atoms. The molecule has 15 heavy (non-hydrogen) atoms. The number of carbonyl (C=O) groups is 1. The van der Waals surface area contributed by atoms with Crippen LogP contribution in [-0.4, -0.2) is 19.0 Å². The van der Waals surface area contributed by atoms with E-state index >= 15 is 0 Å². The Hall–Kier alpha value is -1.17. The Morgan fingerprint density at radius 3 is 2.80 bits per heavy atom. The molecule has 0 saturated carbocycles. The van der Waals surface area contributed by atoms with Crippen molar-refractivity contribution in [1.29, 1.82) is 0 Å². The van der Waals surface area contributed by atoms with E-state index in [-0.39, 0.29) is 22.6 Å². The zero-order valence-electron chi connectivity index (χ0n) is 7.30. The molecule has 0 aliphatic carbocycles. The molecule has 0 N–H and O–H groups in total. The largest absolute Gasteiger partial charge is 0.454 e. The van der Waals surface area contributed by atoms with Gasteiger partial charge in [0.2, 0.25) is 12.6 Å². The first-order valence-corrected chi connectivity index (χ1v) is 4.81. The van der Waals surface area contributed by atoms with Gasteiger partial charge in [0, 0.05) is 4.47 Å². The van der Waals surface area contributed by atoms with Gasteiger partial charge in [0.1, 0.15) is 0 Å². The molecule has 0 atom stereocenters. The molecule has 0 aromatic heterocycles. The summed E-state index contributed by atoms with van der Waals surface area (Å²) in [5, 5.41) is 0. The van der Waals surface area contributed by atoms with E-state index < -0.39 is 12.2 Å². The third kappa shape index (κ3) is 1.69. The van der Waals surface area contributed by atoms with E-state index in [2.05, 4.69) is 15.9 Å². The maximum atomic E-state index is 12.3. The summed E-state index contributed by atoms with van der Waals surface area (Å²) in [6.45, 7) is -0.0602. The lowest BCUT2D eigenvalue weighted by Gasteiger charge is -2.06. The van der Waals surface area contributed by atoms with Crippen molar-refractivity contribution in [2.45, 2.75) is 6.43 Å². The summed E-state index contributed by atoms with van der Waals surface area (Å²) in [6, 6.07) is 3.03. The van der Waals surface area contributed by atoms with E-state index in [0.29, 0.717) is 5.75 Å². The lowest BCUT2D eigenvalue weighted by atomic mass is 10.1. The average molecular weight is 279 g/mol. The first kappa shape index (κ1) is 10.4. The van der Waals surface area contributed by atoms with Crippen molar-refractivity contribution in [1.82, 2.24) is 0 Å². The molecule has 1 aliphatic heterocycles. The van der Waals surface area contributed by atoms with Crippen LogP contribution in [0, 0.1) is 0 Å². The number of ether oxygens (including phenoxy) is 2. The number of halogens is 3. The molecule has 1 aromatic rings. The van der Waals surface area contributed by atoms with E-state index in [4.69, 9.17) is 9.47 Å². The highest BCUT2D eigenvalue weighted by molar-refractivity contribution is 9.10. The fourth-order valence-electron chi connectivity index (χ4n) is 1.29. The minimum absolute atomic E-state index is 0.0602. The molecule has 3 nitrogen and oxygen atoms in total. The van der Waals surface area contributed by atoms with Gasteiger partial charge in [-0.05, 0) is 28.1 Å². The minimum Gasteiger partial charge on any atom is -0.454 e. The van der Waals surface area contributed by atoms with Gasteiger partial charge in [-0.2, -0.15) is 0 Å². The number of hydrogen-bond donors (Lipinski definition) is 0. The van der Waals surface area contributed by atoms with Gasteiger partial charge in [-0.1, -0.05) is 0 Å². The maximum Gasteiger partial charge on any atom is 0.300 e. The summed E-state index contributed by atoms with van der Waals surface area (Å²) in [5.41, 5.74) is -0.167. The zero-order chi connectivity index (χ0) is 11.0. The highest BCUT2D eigenvalue weighted by Gasteiger charge is 2.29. The standard InChI is InChI=1S/C9H5BrF2O3/c10-4-1-2-5-8(15-3-14-5)6(4)7(13)9(11)12/h1-2,9H,3H2.